The molecule has 1 amide bonds. The van der Waals surface area contributed by atoms with Crippen LogP contribution in [0.4, 0.5) is 5.13 Å². The Morgan fingerprint density at radius 1 is 1.22 bits per heavy atom. The Bertz CT molecular complexity index is 1090. The van der Waals surface area contributed by atoms with E-state index in [-0.39, 0.29) is 12.5 Å². The maximum atomic E-state index is 13.2. The number of benzene rings is 2. The number of ether oxygens (including phenoxy) is 3. The molecule has 1 aliphatic rings. The molecule has 0 aliphatic carbocycles. The number of hydrogen-bond donors (Lipinski definition) is 0. The predicted molar refractivity (Wildman–Crippen MR) is 128 cm³/mol. The summed E-state index contributed by atoms with van der Waals surface area (Å²) in [7, 11) is 1.62. The largest absolute Gasteiger partial charge is 0.497 e. The lowest BCUT2D eigenvalue weighted by Crippen LogP contribution is -2.44. The fourth-order valence-electron chi connectivity index (χ4n) is 3.34. The van der Waals surface area contributed by atoms with E-state index in [2.05, 4.69) is 4.90 Å². The molecule has 10 heteroatoms. The van der Waals surface area contributed by atoms with Crippen LogP contribution in [0.1, 0.15) is 0 Å². The van der Waals surface area contributed by atoms with Crippen LogP contribution < -0.4 is 14.4 Å². The van der Waals surface area contributed by atoms with Crippen molar-refractivity contribution in [2.75, 3.05) is 58.0 Å². The summed E-state index contributed by atoms with van der Waals surface area (Å²) < 4.78 is 17.4. The fraction of sp³-hybridized carbons (Fsp3) is 0.364. The second-order valence-corrected chi connectivity index (χ2v) is 9.05. The minimum absolute atomic E-state index is 0.163. The van der Waals surface area contributed by atoms with Crippen LogP contribution in [-0.4, -0.2) is 68.9 Å². The fourth-order valence-corrected chi connectivity index (χ4v) is 4.79. The summed E-state index contributed by atoms with van der Waals surface area (Å²) >= 11 is 13.6. The van der Waals surface area contributed by atoms with Crippen LogP contribution in [0.15, 0.2) is 36.4 Å². The third kappa shape index (κ3) is 5.63. The van der Waals surface area contributed by atoms with E-state index in [0.717, 1.165) is 35.6 Å². The van der Waals surface area contributed by atoms with Crippen LogP contribution in [-0.2, 0) is 9.53 Å². The van der Waals surface area contributed by atoms with Gasteiger partial charge >= 0.3 is 0 Å². The van der Waals surface area contributed by atoms with Gasteiger partial charge in [0.1, 0.15) is 11.5 Å². The highest BCUT2D eigenvalue weighted by atomic mass is 35.5. The smallest absolute Gasteiger partial charge is 0.266 e. The van der Waals surface area contributed by atoms with Crippen molar-refractivity contribution in [3.63, 3.8) is 0 Å². The van der Waals surface area contributed by atoms with Crippen LogP contribution in [0.2, 0.25) is 10.0 Å². The van der Waals surface area contributed by atoms with Gasteiger partial charge in [-0.3, -0.25) is 14.6 Å². The van der Waals surface area contributed by atoms with Crippen LogP contribution in [0.3, 0.4) is 0 Å². The number of thiazole rings is 1. The molecule has 1 aromatic heterocycles. The molecule has 0 bridgehead atoms. The van der Waals surface area contributed by atoms with Gasteiger partial charge in [0.2, 0.25) is 0 Å². The molecule has 0 saturated carbocycles. The standard InChI is InChI=1S/C22H23Cl2N3O4S/c1-29-16-3-5-20-18(13-16)25-22(32-20)27(7-6-26-8-10-30-11-9-26)21(28)14-31-19-4-2-15(23)12-17(19)24/h2-5,12-13H,6-11,14H2,1H3. The molecular formula is C22H23Cl2N3O4S. The van der Waals surface area contributed by atoms with Crippen LogP contribution >= 0.6 is 34.5 Å². The van der Waals surface area contributed by atoms with E-state index in [1.54, 1.807) is 30.2 Å². The summed E-state index contributed by atoms with van der Waals surface area (Å²) in [5, 5.41) is 1.49. The molecule has 0 spiro atoms. The van der Waals surface area contributed by atoms with Crippen molar-refractivity contribution >= 4 is 55.8 Å². The number of rotatable bonds is 8. The molecule has 4 rings (SSSR count). The van der Waals surface area contributed by atoms with Crippen molar-refractivity contribution in [3.05, 3.63) is 46.4 Å². The molecule has 0 unspecified atom stereocenters. The van der Waals surface area contributed by atoms with Crippen LogP contribution in [0.25, 0.3) is 10.2 Å². The highest BCUT2D eigenvalue weighted by Crippen LogP contribution is 2.32. The summed E-state index contributed by atoms with van der Waals surface area (Å²) in [5.74, 6) is 0.933. The van der Waals surface area contributed by atoms with Gasteiger partial charge in [0.05, 0.1) is 35.6 Å². The average Bonchev–Trinajstić information content (AvgIpc) is 3.22. The number of halogens is 2. The van der Waals surface area contributed by atoms with Crippen LogP contribution in [0, 0.1) is 0 Å². The Labute approximate surface area is 200 Å². The minimum Gasteiger partial charge on any atom is -0.497 e. The van der Waals surface area contributed by atoms with E-state index in [4.69, 9.17) is 42.4 Å². The molecular weight excluding hydrogens is 473 g/mol. The highest BCUT2D eigenvalue weighted by molar-refractivity contribution is 7.22. The Kier molecular flexibility index (Phi) is 7.70. The topological polar surface area (TPSA) is 64.1 Å². The van der Waals surface area contributed by atoms with Gasteiger partial charge in [-0.1, -0.05) is 34.5 Å². The number of hydrogen-bond acceptors (Lipinski definition) is 7. The second-order valence-electron chi connectivity index (χ2n) is 7.19. The van der Waals surface area contributed by atoms with Gasteiger partial charge < -0.3 is 14.2 Å². The Morgan fingerprint density at radius 2 is 2.03 bits per heavy atom. The summed E-state index contributed by atoms with van der Waals surface area (Å²) in [6.45, 7) is 4.14. The van der Waals surface area contributed by atoms with Crippen molar-refractivity contribution in [2.24, 2.45) is 0 Å². The monoisotopic (exact) mass is 495 g/mol. The van der Waals surface area contributed by atoms with Gasteiger partial charge in [0, 0.05) is 37.3 Å². The van der Waals surface area contributed by atoms with Crippen molar-refractivity contribution in [1.82, 2.24) is 9.88 Å². The Balaban J connectivity index is 1.52. The lowest BCUT2D eigenvalue weighted by atomic mass is 10.3. The second kappa shape index (κ2) is 10.7. The quantitative estimate of drug-likeness (QED) is 0.462. The number of methoxy groups -OCH3 is 1. The lowest BCUT2D eigenvalue weighted by Gasteiger charge is -2.29. The molecule has 0 N–H and O–H groups in total. The highest BCUT2D eigenvalue weighted by Gasteiger charge is 2.22. The van der Waals surface area contributed by atoms with Gasteiger partial charge in [-0.2, -0.15) is 0 Å². The number of aromatic nitrogens is 1. The zero-order valence-electron chi connectivity index (χ0n) is 17.6. The van der Waals surface area contributed by atoms with Gasteiger partial charge in [-0.25, -0.2) is 4.98 Å². The van der Waals surface area contributed by atoms with E-state index < -0.39 is 0 Å². The van der Waals surface area contributed by atoms with E-state index in [1.807, 2.05) is 18.2 Å². The molecule has 2 heterocycles. The van der Waals surface area contributed by atoms with E-state index in [0.29, 0.717) is 40.7 Å². The van der Waals surface area contributed by atoms with Gasteiger partial charge in [-0.15, -0.1) is 0 Å². The number of morpholine rings is 1. The number of carbonyl (C=O) groups excluding carboxylic acids is 1. The predicted octanol–water partition coefficient (Wildman–Crippen LogP) is 4.36. The first kappa shape index (κ1) is 23.1. The van der Waals surface area contributed by atoms with Gasteiger partial charge in [-0.05, 0) is 30.3 Å². The molecule has 0 atom stereocenters. The number of carbonyl (C=O) groups is 1. The van der Waals surface area contributed by atoms with E-state index >= 15 is 0 Å². The Hall–Kier alpha value is -2.10. The molecule has 32 heavy (non-hydrogen) atoms. The zero-order valence-corrected chi connectivity index (χ0v) is 19.9. The van der Waals surface area contributed by atoms with Crippen molar-refractivity contribution in [3.8, 4) is 11.5 Å². The molecule has 2 aromatic carbocycles. The SMILES string of the molecule is COc1ccc2sc(N(CCN3CCOCC3)C(=O)COc3ccc(Cl)cc3Cl)nc2c1. The summed E-state index contributed by atoms with van der Waals surface area (Å²) in [4.78, 5) is 21.8. The normalized spacial score (nSPS) is 14.5. The number of amides is 1. The minimum atomic E-state index is -0.199. The van der Waals surface area contributed by atoms with Crippen molar-refractivity contribution in [1.29, 1.82) is 0 Å². The Morgan fingerprint density at radius 3 is 2.78 bits per heavy atom. The van der Waals surface area contributed by atoms with Gasteiger partial charge in [0.15, 0.2) is 11.7 Å². The molecule has 1 aliphatic heterocycles. The number of nitrogens with zero attached hydrogens (tertiary/aromatic N) is 3. The first-order valence-electron chi connectivity index (χ1n) is 10.2. The van der Waals surface area contributed by atoms with E-state index in [9.17, 15) is 4.79 Å². The summed E-state index contributed by atoms with van der Waals surface area (Å²) in [6, 6.07) is 10.6. The molecule has 3 aromatic rings. The van der Waals surface area contributed by atoms with Crippen LogP contribution in [0.5, 0.6) is 11.5 Å². The first-order chi connectivity index (χ1) is 15.5. The molecule has 0 radical (unpaired) electrons. The molecule has 1 fully saturated rings. The van der Waals surface area contributed by atoms with E-state index in [1.165, 1.54) is 11.3 Å². The average molecular weight is 496 g/mol. The van der Waals surface area contributed by atoms with Gasteiger partial charge in [0.25, 0.3) is 5.91 Å². The third-order valence-electron chi connectivity index (χ3n) is 5.10. The molecule has 1 saturated heterocycles. The number of fused-ring (bicyclic) bond motifs is 1. The summed E-state index contributed by atoms with van der Waals surface area (Å²) in [6.07, 6.45) is 0. The zero-order chi connectivity index (χ0) is 22.5. The maximum absolute atomic E-state index is 13.2. The maximum Gasteiger partial charge on any atom is 0.266 e. The first-order valence-corrected chi connectivity index (χ1v) is 11.7. The van der Waals surface area contributed by atoms with Crippen molar-refractivity contribution in [2.45, 2.75) is 0 Å². The number of anilines is 1. The van der Waals surface area contributed by atoms with Crippen molar-refractivity contribution < 1.29 is 19.0 Å². The lowest BCUT2D eigenvalue weighted by molar-refractivity contribution is -0.120. The molecule has 7 nitrogen and oxygen atoms in total. The molecule has 170 valence electrons. The third-order valence-corrected chi connectivity index (χ3v) is 6.69. The summed E-state index contributed by atoms with van der Waals surface area (Å²) in [5.41, 5.74) is 0.787.